The summed E-state index contributed by atoms with van der Waals surface area (Å²) in [6.45, 7) is 8.98. The van der Waals surface area contributed by atoms with Gasteiger partial charge in [0.1, 0.15) is 0 Å². The molecule has 0 fully saturated rings. The average molecular weight is 175 g/mol. The highest BCUT2D eigenvalue weighted by molar-refractivity contribution is 7.80. The van der Waals surface area contributed by atoms with Gasteiger partial charge in [-0.15, -0.1) is 0 Å². The first-order chi connectivity index (χ1) is 5.17. The van der Waals surface area contributed by atoms with Crippen LogP contribution in [0.2, 0.25) is 0 Å². The van der Waals surface area contributed by atoms with Gasteiger partial charge in [0.25, 0.3) is 0 Å². The monoisotopic (exact) mass is 175 g/mol. The lowest BCUT2D eigenvalue weighted by Gasteiger charge is -2.31. The summed E-state index contributed by atoms with van der Waals surface area (Å²) in [5.74, 6) is 0.879. The molecule has 0 aromatic heterocycles. The van der Waals surface area contributed by atoms with Gasteiger partial charge in [-0.1, -0.05) is 13.8 Å². The lowest BCUT2D eigenvalue weighted by molar-refractivity contribution is 0.178. The fraction of sp³-hybridized carbons (Fsp3) is 1.00. The summed E-state index contributed by atoms with van der Waals surface area (Å²) in [6, 6.07) is 1.34. The molecule has 0 amide bonds. The van der Waals surface area contributed by atoms with Crippen molar-refractivity contribution in [1.82, 2.24) is 4.90 Å². The first-order valence-electron chi connectivity index (χ1n) is 4.53. The molecule has 0 aliphatic carbocycles. The van der Waals surface area contributed by atoms with Gasteiger partial charge < -0.3 is 0 Å². The van der Waals surface area contributed by atoms with E-state index in [9.17, 15) is 0 Å². The molecule has 0 saturated carbocycles. The molecule has 0 aromatic rings. The van der Waals surface area contributed by atoms with Crippen LogP contribution in [0.15, 0.2) is 0 Å². The summed E-state index contributed by atoms with van der Waals surface area (Å²) in [6.07, 6.45) is 2.43. The van der Waals surface area contributed by atoms with Crippen LogP contribution >= 0.6 is 12.6 Å². The van der Waals surface area contributed by atoms with Crippen molar-refractivity contribution in [3.8, 4) is 0 Å². The van der Waals surface area contributed by atoms with Gasteiger partial charge in [0.05, 0.1) is 0 Å². The Morgan fingerprint density at radius 1 is 1.09 bits per heavy atom. The fourth-order valence-corrected chi connectivity index (χ4v) is 1.74. The Morgan fingerprint density at radius 2 is 1.45 bits per heavy atom. The highest BCUT2D eigenvalue weighted by Gasteiger charge is 2.14. The minimum Gasteiger partial charge on any atom is -0.289 e. The summed E-state index contributed by atoms with van der Waals surface area (Å²) < 4.78 is 0. The molecule has 0 aromatic carbocycles. The molecule has 0 spiro atoms. The van der Waals surface area contributed by atoms with E-state index in [-0.39, 0.29) is 0 Å². The van der Waals surface area contributed by atoms with Crippen LogP contribution in [-0.2, 0) is 0 Å². The van der Waals surface area contributed by atoms with Gasteiger partial charge in [0, 0.05) is 18.0 Å². The molecule has 0 bridgehead atoms. The van der Waals surface area contributed by atoms with Crippen molar-refractivity contribution >= 4 is 12.6 Å². The third-order valence-corrected chi connectivity index (χ3v) is 2.80. The van der Waals surface area contributed by atoms with E-state index in [4.69, 9.17) is 0 Å². The van der Waals surface area contributed by atoms with Gasteiger partial charge >= 0.3 is 0 Å². The molecule has 2 unspecified atom stereocenters. The third kappa shape index (κ3) is 3.48. The van der Waals surface area contributed by atoms with E-state index in [2.05, 4.69) is 45.2 Å². The molecule has 2 atom stereocenters. The quantitative estimate of drug-likeness (QED) is 0.497. The largest absolute Gasteiger partial charge is 0.289 e. The minimum atomic E-state index is 0.669. The van der Waals surface area contributed by atoms with E-state index in [1.807, 2.05) is 0 Å². The van der Waals surface area contributed by atoms with Crippen LogP contribution in [0.3, 0.4) is 0 Å². The van der Waals surface area contributed by atoms with Crippen molar-refractivity contribution in [2.24, 2.45) is 0 Å². The van der Waals surface area contributed by atoms with Crippen molar-refractivity contribution in [2.45, 2.75) is 52.6 Å². The first kappa shape index (κ1) is 11.3. The van der Waals surface area contributed by atoms with E-state index < -0.39 is 0 Å². The molecule has 0 rings (SSSR count). The lowest BCUT2D eigenvalue weighted by atomic mass is 10.1. The summed E-state index contributed by atoms with van der Waals surface area (Å²) in [4.78, 5) is 2.43. The maximum atomic E-state index is 4.33. The van der Waals surface area contributed by atoms with Crippen molar-refractivity contribution < 1.29 is 0 Å². The van der Waals surface area contributed by atoms with Crippen molar-refractivity contribution in [2.75, 3.05) is 5.88 Å². The molecule has 68 valence electrons. The molecule has 0 heterocycles. The van der Waals surface area contributed by atoms with Gasteiger partial charge in [0.2, 0.25) is 0 Å². The van der Waals surface area contributed by atoms with Gasteiger partial charge in [-0.05, 0) is 26.7 Å². The zero-order valence-electron chi connectivity index (χ0n) is 8.17. The van der Waals surface area contributed by atoms with Gasteiger partial charge in [0.15, 0.2) is 0 Å². The standard InChI is InChI=1S/C9H21NS/c1-5-8(3)10(7-11)9(4)6-2/h8-9,11H,5-7H2,1-4H3. The zero-order valence-corrected chi connectivity index (χ0v) is 9.06. The molecule has 0 aliphatic rings. The van der Waals surface area contributed by atoms with Gasteiger partial charge in [-0.3, -0.25) is 4.90 Å². The number of hydrogen-bond acceptors (Lipinski definition) is 2. The molecule has 0 radical (unpaired) electrons. The van der Waals surface area contributed by atoms with Gasteiger partial charge in [-0.2, -0.15) is 12.6 Å². The van der Waals surface area contributed by atoms with E-state index >= 15 is 0 Å². The predicted octanol–water partition coefficient (Wildman–Crippen LogP) is 2.77. The topological polar surface area (TPSA) is 3.24 Å². The summed E-state index contributed by atoms with van der Waals surface area (Å²) in [5.41, 5.74) is 0. The molecule has 2 heteroatoms. The highest BCUT2D eigenvalue weighted by Crippen LogP contribution is 2.11. The Bertz CT molecular complexity index is 85.6. The molecular weight excluding hydrogens is 154 g/mol. The van der Waals surface area contributed by atoms with Crippen molar-refractivity contribution in [3.63, 3.8) is 0 Å². The molecule has 0 saturated heterocycles. The maximum absolute atomic E-state index is 4.33. The zero-order chi connectivity index (χ0) is 8.85. The second kappa shape index (κ2) is 5.90. The molecular formula is C9H21NS. The third-order valence-electron chi connectivity index (χ3n) is 2.48. The van der Waals surface area contributed by atoms with Crippen LogP contribution in [0, 0.1) is 0 Å². The predicted molar refractivity (Wildman–Crippen MR) is 55.2 cm³/mol. The van der Waals surface area contributed by atoms with E-state index in [1.54, 1.807) is 0 Å². The number of thiol groups is 1. The number of rotatable bonds is 5. The first-order valence-corrected chi connectivity index (χ1v) is 5.17. The lowest BCUT2D eigenvalue weighted by Crippen LogP contribution is -2.38. The fourth-order valence-electron chi connectivity index (χ4n) is 1.18. The summed E-state index contributed by atoms with van der Waals surface area (Å²) in [5, 5.41) is 0. The van der Waals surface area contributed by atoms with Crippen molar-refractivity contribution in [1.29, 1.82) is 0 Å². The normalized spacial score (nSPS) is 16.9. The molecule has 1 nitrogen and oxygen atoms in total. The molecule has 0 N–H and O–H groups in total. The highest BCUT2D eigenvalue weighted by atomic mass is 32.1. The smallest absolute Gasteiger partial charge is 0.0419 e. The van der Waals surface area contributed by atoms with Crippen LogP contribution in [0.5, 0.6) is 0 Å². The minimum absolute atomic E-state index is 0.669. The summed E-state index contributed by atoms with van der Waals surface area (Å²) in [7, 11) is 0. The van der Waals surface area contributed by atoms with E-state index in [1.165, 1.54) is 12.8 Å². The Kier molecular flexibility index (Phi) is 6.06. The van der Waals surface area contributed by atoms with Gasteiger partial charge in [-0.25, -0.2) is 0 Å². The summed E-state index contributed by atoms with van der Waals surface area (Å²) >= 11 is 4.33. The number of nitrogens with zero attached hydrogens (tertiary/aromatic N) is 1. The maximum Gasteiger partial charge on any atom is 0.0419 e. The van der Waals surface area contributed by atoms with Crippen LogP contribution in [0.4, 0.5) is 0 Å². The molecule has 0 aliphatic heterocycles. The number of hydrogen-bond donors (Lipinski definition) is 1. The molecule has 11 heavy (non-hydrogen) atoms. The average Bonchev–Trinajstić information content (AvgIpc) is 2.05. The second-order valence-corrected chi connectivity index (χ2v) is 3.45. The second-order valence-electron chi connectivity index (χ2n) is 3.17. The van der Waals surface area contributed by atoms with Crippen LogP contribution in [0.25, 0.3) is 0 Å². The Morgan fingerprint density at radius 3 is 1.64 bits per heavy atom. The van der Waals surface area contributed by atoms with E-state index in [0.29, 0.717) is 12.1 Å². The van der Waals surface area contributed by atoms with Crippen molar-refractivity contribution in [3.05, 3.63) is 0 Å². The van der Waals surface area contributed by atoms with Crippen LogP contribution in [-0.4, -0.2) is 22.9 Å². The SMILES string of the molecule is CCC(C)N(CS)C(C)CC. The Hall–Kier alpha value is 0.310. The van der Waals surface area contributed by atoms with Crippen LogP contribution < -0.4 is 0 Å². The Balaban J connectivity index is 3.92. The van der Waals surface area contributed by atoms with Crippen LogP contribution in [0.1, 0.15) is 40.5 Å². The Labute approximate surface area is 76.6 Å². The van der Waals surface area contributed by atoms with E-state index in [0.717, 1.165) is 5.88 Å².